The molecule has 4 N–H and O–H groups in total. The summed E-state index contributed by atoms with van der Waals surface area (Å²) >= 11 is 0. The van der Waals surface area contributed by atoms with Crippen molar-refractivity contribution < 1.29 is 17.9 Å². The van der Waals surface area contributed by atoms with Gasteiger partial charge in [-0.15, -0.1) is 0 Å². The van der Waals surface area contributed by atoms with Crippen LogP contribution < -0.4 is 16.4 Å². The number of amides is 1. The third-order valence-electron chi connectivity index (χ3n) is 7.84. The van der Waals surface area contributed by atoms with E-state index in [0.29, 0.717) is 56.6 Å². The van der Waals surface area contributed by atoms with Gasteiger partial charge in [0.25, 0.3) is 5.91 Å². The fourth-order valence-electron chi connectivity index (χ4n) is 6.03. The molecule has 1 aromatic carbocycles. The number of nitrogens with one attached hydrogen (secondary N) is 2. The van der Waals surface area contributed by atoms with Gasteiger partial charge in [-0.1, -0.05) is 20.8 Å². The monoisotopic (exact) mass is 464 g/mol. The Morgan fingerprint density at radius 2 is 1.97 bits per heavy atom. The Morgan fingerprint density at radius 1 is 1.25 bits per heavy atom. The van der Waals surface area contributed by atoms with Crippen LogP contribution in [0.15, 0.2) is 23.1 Å². The molecule has 2 saturated carbocycles. The summed E-state index contributed by atoms with van der Waals surface area (Å²) in [5.41, 5.74) is 6.55. The zero-order valence-electron chi connectivity index (χ0n) is 19.3. The molecule has 2 aliphatic carbocycles. The van der Waals surface area contributed by atoms with Gasteiger partial charge in [0.2, 0.25) is 10.0 Å². The number of sulfonamides is 1. The molecule has 4 rings (SSSR count). The number of morpholine rings is 1. The number of nitrogens with zero attached hydrogens (tertiary/aromatic N) is 1. The van der Waals surface area contributed by atoms with E-state index in [1.54, 1.807) is 12.1 Å². The summed E-state index contributed by atoms with van der Waals surface area (Å²) in [4.78, 5) is 13.4. The molecule has 3 atom stereocenters. The van der Waals surface area contributed by atoms with Crippen molar-refractivity contribution in [3.8, 4) is 0 Å². The molecule has 1 saturated heterocycles. The van der Waals surface area contributed by atoms with E-state index in [2.05, 4.69) is 31.4 Å². The van der Waals surface area contributed by atoms with Crippen LogP contribution in [0.1, 0.15) is 50.4 Å². The lowest BCUT2D eigenvalue weighted by atomic mass is 9.68. The van der Waals surface area contributed by atoms with E-state index in [-0.39, 0.29) is 27.7 Å². The van der Waals surface area contributed by atoms with E-state index >= 15 is 0 Å². The second-order valence-electron chi connectivity index (χ2n) is 10.3. The van der Waals surface area contributed by atoms with E-state index in [1.807, 2.05) is 0 Å². The van der Waals surface area contributed by atoms with E-state index in [9.17, 15) is 13.2 Å². The first-order valence-electron chi connectivity index (χ1n) is 11.6. The van der Waals surface area contributed by atoms with Crippen LogP contribution in [0.5, 0.6) is 0 Å². The number of hydrogen-bond acceptors (Lipinski definition) is 6. The number of anilines is 1. The van der Waals surface area contributed by atoms with Crippen LogP contribution in [0, 0.1) is 16.7 Å². The SMILES string of the molecule is CC12CC[C@H](C1)C(C)(C)C2NC(=O)c1ccc(NCCN)c(S(=O)(=O)N2CCOCC2)c1. The molecule has 1 aliphatic heterocycles. The fraction of sp³-hybridized carbons (Fsp3) is 0.696. The fourth-order valence-corrected chi connectivity index (χ4v) is 7.63. The molecular formula is C23H36N4O4S. The first-order chi connectivity index (χ1) is 15.1. The van der Waals surface area contributed by atoms with E-state index in [0.717, 1.165) is 12.8 Å². The Morgan fingerprint density at radius 3 is 2.59 bits per heavy atom. The van der Waals surface area contributed by atoms with E-state index in [4.69, 9.17) is 10.5 Å². The van der Waals surface area contributed by atoms with Gasteiger partial charge in [0, 0.05) is 37.8 Å². The number of carbonyl (C=O) groups is 1. The Balaban J connectivity index is 1.63. The molecule has 2 unspecified atom stereocenters. The number of rotatable bonds is 7. The maximum absolute atomic E-state index is 13.4. The standard InChI is InChI=1S/C23H36N4O4S/c1-22(2)17-6-7-23(3,15-17)21(22)26-20(28)16-4-5-18(25-9-8-24)19(14-16)32(29,30)27-10-12-31-13-11-27/h4-5,14,17,21,25H,6-13,15,24H2,1-3H3,(H,26,28)/t17-,21?,23?/m1/s1. The van der Waals surface area contributed by atoms with Gasteiger partial charge in [-0.25, -0.2) is 8.42 Å². The van der Waals surface area contributed by atoms with Gasteiger partial charge in [-0.05, 0) is 54.2 Å². The van der Waals surface area contributed by atoms with Crippen molar-refractivity contribution in [1.29, 1.82) is 0 Å². The minimum Gasteiger partial charge on any atom is -0.383 e. The highest BCUT2D eigenvalue weighted by molar-refractivity contribution is 7.89. The molecule has 9 heteroatoms. The zero-order valence-corrected chi connectivity index (χ0v) is 20.1. The molecule has 1 heterocycles. The number of carbonyl (C=O) groups excluding carboxylic acids is 1. The van der Waals surface area contributed by atoms with Crippen LogP contribution in [0.25, 0.3) is 0 Å². The molecule has 1 aromatic rings. The van der Waals surface area contributed by atoms with Crippen LogP contribution in [0.4, 0.5) is 5.69 Å². The highest BCUT2D eigenvalue weighted by Gasteiger charge is 2.59. The van der Waals surface area contributed by atoms with Gasteiger partial charge in [-0.3, -0.25) is 4.79 Å². The maximum atomic E-state index is 13.4. The van der Waals surface area contributed by atoms with E-state index < -0.39 is 10.0 Å². The summed E-state index contributed by atoms with van der Waals surface area (Å²) in [7, 11) is -3.78. The van der Waals surface area contributed by atoms with Crippen molar-refractivity contribution >= 4 is 21.6 Å². The summed E-state index contributed by atoms with van der Waals surface area (Å²) in [5.74, 6) is 0.388. The van der Waals surface area contributed by atoms with Gasteiger partial charge in [-0.2, -0.15) is 4.31 Å². The third kappa shape index (κ3) is 4.04. The Kier molecular flexibility index (Phi) is 6.30. The van der Waals surface area contributed by atoms with Crippen LogP contribution in [0.3, 0.4) is 0 Å². The number of ether oxygens (including phenoxy) is 1. The van der Waals surface area contributed by atoms with Crippen LogP contribution in [-0.4, -0.2) is 64.1 Å². The summed E-state index contributed by atoms with van der Waals surface area (Å²) in [6.45, 7) is 8.87. The average molecular weight is 465 g/mol. The molecular weight excluding hydrogens is 428 g/mol. The topological polar surface area (TPSA) is 114 Å². The van der Waals surface area contributed by atoms with Crippen molar-refractivity contribution in [3.63, 3.8) is 0 Å². The lowest BCUT2D eigenvalue weighted by Crippen LogP contribution is -2.52. The number of hydrogen-bond donors (Lipinski definition) is 3. The quantitative estimate of drug-likeness (QED) is 0.569. The molecule has 2 bridgehead atoms. The molecule has 1 amide bonds. The molecule has 0 spiro atoms. The largest absolute Gasteiger partial charge is 0.383 e. The predicted octanol–water partition coefficient (Wildman–Crippen LogP) is 2.02. The van der Waals surface area contributed by atoms with Crippen LogP contribution in [-0.2, 0) is 14.8 Å². The highest BCUT2D eigenvalue weighted by atomic mass is 32.2. The molecule has 0 aromatic heterocycles. The molecule has 3 fully saturated rings. The molecule has 178 valence electrons. The smallest absolute Gasteiger partial charge is 0.251 e. The van der Waals surface area contributed by atoms with Gasteiger partial charge >= 0.3 is 0 Å². The first-order valence-corrected chi connectivity index (χ1v) is 13.0. The predicted molar refractivity (Wildman–Crippen MR) is 124 cm³/mol. The molecule has 0 radical (unpaired) electrons. The van der Waals surface area contributed by atoms with Crippen molar-refractivity contribution in [2.75, 3.05) is 44.7 Å². The Bertz CT molecular complexity index is 969. The summed E-state index contributed by atoms with van der Waals surface area (Å²) in [5, 5.41) is 6.37. The molecule has 8 nitrogen and oxygen atoms in total. The molecule has 32 heavy (non-hydrogen) atoms. The maximum Gasteiger partial charge on any atom is 0.251 e. The number of benzene rings is 1. The van der Waals surface area contributed by atoms with Gasteiger partial charge in [0.1, 0.15) is 4.90 Å². The summed E-state index contributed by atoms with van der Waals surface area (Å²) < 4.78 is 33.6. The number of nitrogens with two attached hydrogens (primary N) is 1. The Hall–Kier alpha value is -1.68. The highest BCUT2D eigenvalue weighted by Crippen LogP contribution is 2.62. The van der Waals surface area contributed by atoms with Crippen LogP contribution >= 0.6 is 0 Å². The third-order valence-corrected chi connectivity index (χ3v) is 9.78. The zero-order chi connectivity index (χ0) is 23.1. The van der Waals surface area contributed by atoms with Gasteiger partial charge in [0.05, 0.1) is 18.9 Å². The second kappa shape index (κ2) is 8.59. The van der Waals surface area contributed by atoms with Crippen molar-refractivity contribution in [3.05, 3.63) is 23.8 Å². The van der Waals surface area contributed by atoms with Gasteiger partial charge in [0.15, 0.2) is 0 Å². The van der Waals surface area contributed by atoms with Crippen molar-refractivity contribution in [2.45, 2.75) is 51.0 Å². The number of fused-ring (bicyclic) bond motifs is 2. The first kappa shape index (κ1) is 23.5. The minimum atomic E-state index is -3.78. The van der Waals surface area contributed by atoms with Crippen molar-refractivity contribution in [1.82, 2.24) is 9.62 Å². The Labute approximate surface area is 191 Å². The average Bonchev–Trinajstić information content (AvgIpc) is 3.26. The lowest BCUT2D eigenvalue weighted by molar-refractivity contribution is 0.0729. The van der Waals surface area contributed by atoms with Gasteiger partial charge < -0.3 is 21.1 Å². The van der Waals surface area contributed by atoms with Crippen molar-refractivity contribution in [2.24, 2.45) is 22.5 Å². The van der Waals surface area contributed by atoms with E-state index in [1.165, 1.54) is 16.8 Å². The van der Waals surface area contributed by atoms with Crippen LogP contribution in [0.2, 0.25) is 0 Å². The minimum absolute atomic E-state index is 0.0218. The summed E-state index contributed by atoms with van der Waals surface area (Å²) in [6, 6.07) is 4.93. The second-order valence-corrected chi connectivity index (χ2v) is 12.2. The molecule has 3 aliphatic rings. The normalized spacial score (nSPS) is 29.8. The summed E-state index contributed by atoms with van der Waals surface area (Å²) in [6.07, 6.45) is 3.45. The lowest BCUT2D eigenvalue weighted by Gasteiger charge is -2.43.